The minimum atomic E-state index is -0.0671. The third-order valence-electron chi connectivity index (χ3n) is 5.13. The predicted molar refractivity (Wildman–Crippen MR) is 105 cm³/mol. The Labute approximate surface area is 162 Å². The Morgan fingerprint density at radius 2 is 2.00 bits per heavy atom. The Bertz CT molecular complexity index is 1040. The Morgan fingerprint density at radius 3 is 2.71 bits per heavy atom. The molecule has 1 fully saturated rings. The zero-order valence-corrected chi connectivity index (χ0v) is 16.0. The van der Waals surface area contributed by atoms with Crippen molar-refractivity contribution in [3.63, 3.8) is 0 Å². The van der Waals surface area contributed by atoms with Crippen molar-refractivity contribution in [1.29, 1.82) is 0 Å². The number of carbonyl (C=O) groups is 2. The van der Waals surface area contributed by atoms with Gasteiger partial charge in [-0.15, -0.1) is 0 Å². The van der Waals surface area contributed by atoms with Gasteiger partial charge in [0, 0.05) is 42.1 Å². The summed E-state index contributed by atoms with van der Waals surface area (Å²) in [6.45, 7) is 4.64. The van der Waals surface area contributed by atoms with Gasteiger partial charge in [-0.3, -0.25) is 9.59 Å². The maximum atomic E-state index is 12.4. The van der Waals surface area contributed by atoms with E-state index in [1.54, 1.807) is 9.42 Å². The van der Waals surface area contributed by atoms with Crippen LogP contribution >= 0.6 is 0 Å². The van der Waals surface area contributed by atoms with Crippen LogP contribution in [0.25, 0.3) is 5.78 Å². The van der Waals surface area contributed by atoms with Gasteiger partial charge in [0.1, 0.15) is 6.33 Å². The van der Waals surface area contributed by atoms with Gasteiger partial charge in [-0.05, 0) is 56.5 Å². The summed E-state index contributed by atoms with van der Waals surface area (Å²) in [5.41, 5.74) is 4.42. The maximum Gasteiger partial charge on any atom is 0.252 e. The second kappa shape index (κ2) is 7.38. The van der Waals surface area contributed by atoms with Crippen molar-refractivity contribution in [3.8, 4) is 0 Å². The van der Waals surface area contributed by atoms with Crippen LogP contribution in [0.3, 0.4) is 0 Å². The summed E-state index contributed by atoms with van der Waals surface area (Å²) in [5, 5.41) is 7.09. The first-order chi connectivity index (χ1) is 13.5. The SMILES string of the molecule is Cc1nc2ncnn2c(C)c1CCC(=O)Nc1ccc(N2CCCC2=O)cc1. The van der Waals surface area contributed by atoms with E-state index < -0.39 is 0 Å². The average Bonchev–Trinajstić information content (AvgIpc) is 3.31. The van der Waals surface area contributed by atoms with E-state index in [-0.39, 0.29) is 11.8 Å². The van der Waals surface area contributed by atoms with E-state index in [1.165, 1.54) is 6.33 Å². The second-order valence-electron chi connectivity index (χ2n) is 6.98. The highest BCUT2D eigenvalue weighted by molar-refractivity contribution is 5.96. The van der Waals surface area contributed by atoms with Gasteiger partial charge in [0.05, 0.1) is 0 Å². The largest absolute Gasteiger partial charge is 0.326 e. The number of rotatable bonds is 5. The smallest absolute Gasteiger partial charge is 0.252 e. The minimum absolute atomic E-state index is 0.0671. The minimum Gasteiger partial charge on any atom is -0.326 e. The number of hydrogen-bond donors (Lipinski definition) is 1. The van der Waals surface area contributed by atoms with Crippen molar-refractivity contribution in [2.24, 2.45) is 0 Å². The summed E-state index contributed by atoms with van der Waals surface area (Å²) in [4.78, 5) is 34.5. The van der Waals surface area contributed by atoms with Gasteiger partial charge < -0.3 is 10.2 Å². The molecule has 1 aliphatic heterocycles. The molecule has 0 bridgehead atoms. The number of aromatic nitrogens is 4. The highest BCUT2D eigenvalue weighted by Crippen LogP contribution is 2.23. The molecule has 0 aliphatic carbocycles. The van der Waals surface area contributed by atoms with Crippen LogP contribution in [-0.2, 0) is 16.0 Å². The monoisotopic (exact) mass is 378 g/mol. The number of hydrogen-bond acceptors (Lipinski definition) is 5. The average molecular weight is 378 g/mol. The quantitative estimate of drug-likeness (QED) is 0.736. The number of aryl methyl sites for hydroxylation is 2. The molecule has 3 heterocycles. The molecule has 0 spiro atoms. The lowest BCUT2D eigenvalue weighted by atomic mass is 10.1. The predicted octanol–water partition coefficient (Wildman–Crippen LogP) is 2.44. The molecule has 28 heavy (non-hydrogen) atoms. The number of nitrogens with zero attached hydrogens (tertiary/aromatic N) is 5. The lowest BCUT2D eigenvalue weighted by Gasteiger charge is -2.16. The first-order valence-electron chi connectivity index (χ1n) is 9.39. The molecule has 144 valence electrons. The molecular formula is C20H22N6O2. The van der Waals surface area contributed by atoms with E-state index in [0.29, 0.717) is 25.0 Å². The molecule has 8 heteroatoms. The van der Waals surface area contributed by atoms with E-state index in [4.69, 9.17) is 0 Å². The third kappa shape index (κ3) is 3.45. The lowest BCUT2D eigenvalue weighted by Crippen LogP contribution is -2.23. The maximum absolute atomic E-state index is 12.4. The molecule has 8 nitrogen and oxygen atoms in total. The van der Waals surface area contributed by atoms with Crippen molar-refractivity contribution >= 4 is 29.0 Å². The number of nitrogens with one attached hydrogen (secondary N) is 1. The number of fused-ring (bicyclic) bond motifs is 1. The van der Waals surface area contributed by atoms with Gasteiger partial charge in [0.25, 0.3) is 5.78 Å². The molecule has 0 radical (unpaired) electrons. The molecule has 1 N–H and O–H groups in total. The molecule has 1 aromatic carbocycles. The standard InChI is InChI=1S/C20H22N6O2/c1-13-17(14(2)26-20(23-13)21-12-22-26)9-10-18(27)24-15-5-7-16(8-6-15)25-11-3-4-19(25)28/h5-8,12H,3-4,9-11H2,1-2H3,(H,24,27). The highest BCUT2D eigenvalue weighted by Gasteiger charge is 2.21. The summed E-state index contributed by atoms with van der Waals surface area (Å²) < 4.78 is 1.69. The van der Waals surface area contributed by atoms with Crippen molar-refractivity contribution in [2.75, 3.05) is 16.8 Å². The van der Waals surface area contributed by atoms with Crippen molar-refractivity contribution in [2.45, 2.75) is 39.5 Å². The Balaban J connectivity index is 1.39. The number of carbonyl (C=O) groups excluding carboxylic acids is 2. The van der Waals surface area contributed by atoms with Crippen molar-refractivity contribution < 1.29 is 9.59 Å². The summed E-state index contributed by atoms with van der Waals surface area (Å²) in [7, 11) is 0. The molecule has 3 aromatic rings. The van der Waals surface area contributed by atoms with E-state index in [9.17, 15) is 9.59 Å². The Kier molecular flexibility index (Phi) is 4.77. The lowest BCUT2D eigenvalue weighted by molar-refractivity contribution is -0.117. The fraction of sp³-hybridized carbons (Fsp3) is 0.350. The fourth-order valence-electron chi connectivity index (χ4n) is 3.63. The molecule has 1 saturated heterocycles. The Morgan fingerprint density at radius 1 is 1.21 bits per heavy atom. The van der Waals surface area contributed by atoms with Gasteiger partial charge in [-0.2, -0.15) is 10.1 Å². The fourth-order valence-corrected chi connectivity index (χ4v) is 3.63. The van der Waals surface area contributed by atoms with Crippen LogP contribution in [-0.4, -0.2) is 37.9 Å². The zero-order chi connectivity index (χ0) is 19.7. The zero-order valence-electron chi connectivity index (χ0n) is 16.0. The molecule has 2 aromatic heterocycles. The van der Waals surface area contributed by atoms with Crippen LogP contribution in [0, 0.1) is 13.8 Å². The molecule has 0 atom stereocenters. The van der Waals surface area contributed by atoms with Gasteiger partial charge in [0.15, 0.2) is 0 Å². The van der Waals surface area contributed by atoms with Gasteiger partial charge in [-0.25, -0.2) is 9.50 Å². The summed E-state index contributed by atoms with van der Waals surface area (Å²) in [5.74, 6) is 0.655. The molecule has 0 unspecified atom stereocenters. The molecular weight excluding hydrogens is 356 g/mol. The molecule has 2 amide bonds. The number of anilines is 2. The van der Waals surface area contributed by atoms with E-state index >= 15 is 0 Å². The van der Waals surface area contributed by atoms with Crippen LogP contribution < -0.4 is 10.2 Å². The van der Waals surface area contributed by atoms with Gasteiger partial charge in [-0.1, -0.05) is 0 Å². The summed E-state index contributed by atoms with van der Waals surface area (Å²) in [6.07, 6.45) is 3.89. The molecule has 0 saturated carbocycles. The van der Waals surface area contributed by atoms with E-state index in [1.807, 2.05) is 38.1 Å². The van der Waals surface area contributed by atoms with Gasteiger partial charge >= 0.3 is 0 Å². The molecule has 4 rings (SSSR count). The summed E-state index contributed by atoms with van der Waals surface area (Å²) >= 11 is 0. The molecule has 1 aliphatic rings. The summed E-state index contributed by atoms with van der Waals surface area (Å²) in [6, 6.07) is 7.40. The van der Waals surface area contributed by atoms with Gasteiger partial charge in [0.2, 0.25) is 11.8 Å². The number of benzene rings is 1. The highest BCUT2D eigenvalue weighted by atomic mass is 16.2. The normalized spacial score (nSPS) is 14.1. The second-order valence-corrected chi connectivity index (χ2v) is 6.98. The number of amides is 2. The first-order valence-corrected chi connectivity index (χ1v) is 9.39. The third-order valence-corrected chi connectivity index (χ3v) is 5.13. The van der Waals surface area contributed by atoms with E-state index in [2.05, 4.69) is 20.4 Å². The Hall–Kier alpha value is -3.29. The van der Waals surface area contributed by atoms with Crippen LogP contribution in [0.1, 0.15) is 36.2 Å². The van der Waals surface area contributed by atoms with Crippen molar-refractivity contribution in [3.05, 3.63) is 47.5 Å². The first kappa shape index (κ1) is 18.1. The van der Waals surface area contributed by atoms with Crippen LogP contribution in [0.2, 0.25) is 0 Å². The van der Waals surface area contributed by atoms with Crippen LogP contribution in [0.15, 0.2) is 30.6 Å². The van der Waals surface area contributed by atoms with E-state index in [0.717, 1.165) is 41.3 Å². The van der Waals surface area contributed by atoms with Crippen LogP contribution in [0.5, 0.6) is 0 Å². The van der Waals surface area contributed by atoms with Crippen LogP contribution in [0.4, 0.5) is 11.4 Å². The topological polar surface area (TPSA) is 92.5 Å². The van der Waals surface area contributed by atoms with Crippen molar-refractivity contribution in [1.82, 2.24) is 19.6 Å².